The Balaban J connectivity index is 1.88. The first kappa shape index (κ1) is 18.2. The predicted molar refractivity (Wildman–Crippen MR) is 102 cm³/mol. The van der Waals surface area contributed by atoms with Gasteiger partial charge in [0.25, 0.3) is 5.91 Å². The molecule has 0 aliphatic carbocycles. The molecule has 1 amide bonds. The van der Waals surface area contributed by atoms with E-state index in [-0.39, 0.29) is 5.91 Å². The molecule has 136 valence electrons. The van der Waals surface area contributed by atoms with Gasteiger partial charge in [-0.1, -0.05) is 0 Å². The summed E-state index contributed by atoms with van der Waals surface area (Å²) in [6.07, 6.45) is 1.70. The van der Waals surface area contributed by atoms with Crippen LogP contribution in [0.1, 0.15) is 15.9 Å². The number of hydrogen-bond acceptors (Lipinski definition) is 5. The summed E-state index contributed by atoms with van der Waals surface area (Å²) in [6.45, 7) is 0.795. The number of nitrogens with zero attached hydrogens (tertiary/aromatic N) is 3. The quantitative estimate of drug-likeness (QED) is 0.702. The largest absolute Gasteiger partial charge is 0.492 e. The van der Waals surface area contributed by atoms with Crippen LogP contribution in [0.25, 0.3) is 11.3 Å². The summed E-state index contributed by atoms with van der Waals surface area (Å²) in [4.78, 5) is 12.5. The second-order valence-electron chi connectivity index (χ2n) is 5.83. The minimum absolute atomic E-state index is 0.258. The van der Waals surface area contributed by atoms with Crippen molar-refractivity contribution in [1.82, 2.24) is 9.78 Å². The fraction of sp³-hybridized carbons (Fsp3) is 0.150. The molecule has 0 radical (unpaired) electrons. The molecular weight excluding hydrogens is 342 g/mol. The maximum absolute atomic E-state index is 12.5. The minimum Gasteiger partial charge on any atom is -0.492 e. The molecular formula is C20H19N5O2. The van der Waals surface area contributed by atoms with Crippen molar-refractivity contribution in [3.8, 4) is 23.1 Å². The van der Waals surface area contributed by atoms with Crippen LogP contribution in [0.2, 0.25) is 0 Å². The molecule has 7 nitrogen and oxygen atoms in total. The number of nitrogens with one attached hydrogen (secondary N) is 1. The van der Waals surface area contributed by atoms with Gasteiger partial charge in [0.1, 0.15) is 12.4 Å². The van der Waals surface area contributed by atoms with Gasteiger partial charge in [0, 0.05) is 36.6 Å². The van der Waals surface area contributed by atoms with Gasteiger partial charge in [-0.15, -0.1) is 0 Å². The monoisotopic (exact) mass is 361 g/mol. The molecule has 3 aromatic rings. The molecule has 0 spiro atoms. The molecule has 27 heavy (non-hydrogen) atoms. The molecule has 3 N–H and O–H groups in total. The number of aromatic nitrogens is 2. The Morgan fingerprint density at radius 1 is 1.26 bits per heavy atom. The highest BCUT2D eigenvalue weighted by atomic mass is 16.5. The van der Waals surface area contributed by atoms with Gasteiger partial charge < -0.3 is 15.8 Å². The number of rotatable bonds is 6. The van der Waals surface area contributed by atoms with Crippen LogP contribution in [0.15, 0.2) is 54.7 Å². The van der Waals surface area contributed by atoms with E-state index in [0.29, 0.717) is 35.7 Å². The van der Waals surface area contributed by atoms with Gasteiger partial charge in [-0.2, -0.15) is 10.4 Å². The smallest absolute Gasteiger partial charge is 0.255 e. The molecule has 0 fully saturated rings. The Morgan fingerprint density at radius 2 is 2.04 bits per heavy atom. The molecule has 1 aromatic heterocycles. The molecule has 0 saturated heterocycles. The maximum atomic E-state index is 12.5. The number of aryl methyl sites for hydroxylation is 1. The maximum Gasteiger partial charge on any atom is 0.255 e. The molecule has 0 aliphatic heterocycles. The average Bonchev–Trinajstić information content (AvgIpc) is 3.12. The van der Waals surface area contributed by atoms with E-state index in [2.05, 4.69) is 10.4 Å². The van der Waals surface area contributed by atoms with Crippen molar-refractivity contribution in [3.05, 3.63) is 65.9 Å². The lowest BCUT2D eigenvalue weighted by Crippen LogP contribution is -2.13. The highest BCUT2D eigenvalue weighted by Crippen LogP contribution is 2.32. The normalized spacial score (nSPS) is 10.3. The van der Waals surface area contributed by atoms with Crippen LogP contribution >= 0.6 is 0 Å². The van der Waals surface area contributed by atoms with Crippen molar-refractivity contribution in [1.29, 1.82) is 5.26 Å². The van der Waals surface area contributed by atoms with E-state index < -0.39 is 0 Å². The summed E-state index contributed by atoms with van der Waals surface area (Å²) in [5.41, 5.74) is 8.80. The van der Waals surface area contributed by atoms with Crippen LogP contribution in [0, 0.1) is 11.3 Å². The SMILES string of the molecule is Cn1nccc1-c1cc(NC(=O)c2ccc(C#N)cc2)ccc1OCCN. The lowest BCUT2D eigenvalue weighted by Gasteiger charge is -2.14. The van der Waals surface area contributed by atoms with E-state index in [1.807, 2.05) is 25.2 Å². The number of amides is 1. The first-order chi connectivity index (χ1) is 13.1. The number of anilines is 1. The van der Waals surface area contributed by atoms with Crippen molar-refractivity contribution >= 4 is 11.6 Å². The van der Waals surface area contributed by atoms with Crippen LogP contribution in [0.3, 0.4) is 0 Å². The van der Waals surface area contributed by atoms with Gasteiger partial charge in [0.2, 0.25) is 0 Å². The second-order valence-corrected chi connectivity index (χ2v) is 5.83. The van der Waals surface area contributed by atoms with Crippen molar-refractivity contribution < 1.29 is 9.53 Å². The summed E-state index contributed by atoms with van der Waals surface area (Å²) in [6, 6.07) is 15.8. The highest BCUT2D eigenvalue weighted by Gasteiger charge is 2.13. The Hall–Kier alpha value is -3.63. The van der Waals surface area contributed by atoms with Gasteiger partial charge in [0.05, 0.1) is 17.3 Å². The number of nitrogens with two attached hydrogens (primary N) is 1. The standard InChI is InChI=1S/C20H19N5O2/c1-25-18(8-10-23-25)17-12-16(6-7-19(17)27-11-9-21)24-20(26)15-4-2-14(13-22)3-5-15/h2-8,10,12H,9,11,21H2,1H3,(H,24,26). The summed E-state index contributed by atoms with van der Waals surface area (Å²) in [7, 11) is 1.84. The molecule has 0 atom stereocenters. The zero-order valence-electron chi connectivity index (χ0n) is 14.8. The number of ether oxygens (including phenoxy) is 1. The average molecular weight is 361 g/mol. The Labute approximate surface area is 157 Å². The van der Waals surface area contributed by atoms with E-state index in [0.717, 1.165) is 11.3 Å². The van der Waals surface area contributed by atoms with E-state index in [4.69, 9.17) is 15.7 Å². The number of nitriles is 1. The predicted octanol–water partition coefficient (Wildman–Crippen LogP) is 2.55. The molecule has 7 heteroatoms. The number of carbonyl (C=O) groups is 1. The van der Waals surface area contributed by atoms with Crippen LogP contribution in [0.5, 0.6) is 5.75 Å². The fourth-order valence-corrected chi connectivity index (χ4v) is 2.64. The van der Waals surface area contributed by atoms with E-state index in [9.17, 15) is 4.79 Å². The first-order valence-electron chi connectivity index (χ1n) is 8.39. The summed E-state index contributed by atoms with van der Waals surface area (Å²) < 4.78 is 7.46. The van der Waals surface area contributed by atoms with Crippen LogP contribution in [-0.4, -0.2) is 28.8 Å². The van der Waals surface area contributed by atoms with Gasteiger partial charge in [-0.05, 0) is 48.5 Å². The van der Waals surface area contributed by atoms with Crippen molar-refractivity contribution in [2.24, 2.45) is 12.8 Å². The third-order valence-corrected chi connectivity index (χ3v) is 3.99. The lowest BCUT2D eigenvalue weighted by molar-refractivity contribution is 0.102. The third-order valence-electron chi connectivity index (χ3n) is 3.99. The molecule has 1 heterocycles. The number of carbonyl (C=O) groups excluding carboxylic acids is 1. The van der Waals surface area contributed by atoms with E-state index in [1.165, 1.54) is 0 Å². The zero-order chi connectivity index (χ0) is 19.2. The Morgan fingerprint density at radius 3 is 2.67 bits per heavy atom. The van der Waals surface area contributed by atoms with Gasteiger partial charge in [-0.3, -0.25) is 9.48 Å². The molecule has 0 saturated carbocycles. The Bertz CT molecular complexity index is 986. The summed E-state index contributed by atoms with van der Waals surface area (Å²) in [5, 5.41) is 15.9. The topological polar surface area (TPSA) is 106 Å². The molecule has 0 unspecified atom stereocenters. The zero-order valence-corrected chi connectivity index (χ0v) is 14.8. The van der Waals surface area contributed by atoms with Gasteiger partial charge in [0.15, 0.2) is 0 Å². The lowest BCUT2D eigenvalue weighted by atomic mass is 10.1. The number of hydrogen-bond donors (Lipinski definition) is 2. The van der Waals surface area contributed by atoms with Crippen LogP contribution in [0.4, 0.5) is 5.69 Å². The Kier molecular flexibility index (Phi) is 5.50. The van der Waals surface area contributed by atoms with Gasteiger partial charge >= 0.3 is 0 Å². The van der Waals surface area contributed by atoms with Crippen molar-refractivity contribution in [2.45, 2.75) is 0 Å². The minimum atomic E-state index is -0.258. The van der Waals surface area contributed by atoms with Crippen molar-refractivity contribution in [3.63, 3.8) is 0 Å². The van der Waals surface area contributed by atoms with Crippen molar-refractivity contribution in [2.75, 3.05) is 18.5 Å². The third kappa shape index (κ3) is 4.14. The molecule has 0 aliphatic rings. The molecule has 0 bridgehead atoms. The number of benzene rings is 2. The van der Waals surface area contributed by atoms with Crippen LogP contribution in [-0.2, 0) is 7.05 Å². The molecule has 2 aromatic carbocycles. The summed E-state index contributed by atoms with van der Waals surface area (Å²) in [5.74, 6) is 0.409. The van der Waals surface area contributed by atoms with E-state index >= 15 is 0 Å². The second kappa shape index (κ2) is 8.17. The van der Waals surface area contributed by atoms with E-state index in [1.54, 1.807) is 47.3 Å². The van der Waals surface area contributed by atoms with Crippen LogP contribution < -0.4 is 15.8 Å². The van der Waals surface area contributed by atoms with Gasteiger partial charge in [-0.25, -0.2) is 0 Å². The summed E-state index contributed by atoms with van der Waals surface area (Å²) >= 11 is 0. The highest BCUT2D eigenvalue weighted by molar-refractivity contribution is 6.04. The fourth-order valence-electron chi connectivity index (χ4n) is 2.64. The molecule has 3 rings (SSSR count). The first-order valence-corrected chi connectivity index (χ1v) is 8.39.